The molecule has 5 heteroatoms. The van der Waals surface area contributed by atoms with Gasteiger partial charge in [0, 0.05) is 42.6 Å². The highest BCUT2D eigenvalue weighted by Gasteiger charge is 2.09. The minimum Gasteiger partial charge on any atom is -0.384 e. The van der Waals surface area contributed by atoms with Gasteiger partial charge in [0.2, 0.25) is 0 Å². The van der Waals surface area contributed by atoms with Crippen molar-refractivity contribution in [3.63, 3.8) is 0 Å². The fourth-order valence-corrected chi connectivity index (χ4v) is 2.13. The van der Waals surface area contributed by atoms with Gasteiger partial charge in [0.1, 0.15) is 0 Å². The first-order valence-electron chi connectivity index (χ1n) is 4.24. The molecule has 2 atom stereocenters. The van der Waals surface area contributed by atoms with Crippen LogP contribution in [0.4, 0.5) is 0 Å². The van der Waals surface area contributed by atoms with Crippen molar-refractivity contribution in [1.29, 1.82) is 0 Å². The number of rotatable bonds is 8. The van der Waals surface area contributed by atoms with Crippen molar-refractivity contribution in [3.8, 4) is 0 Å². The maximum atomic E-state index is 11.4. The van der Waals surface area contributed by atoms with Crippen molar-refractivity contribution in [3.05, 3.63) is 0 Å². The van der Waals surface area contributed by atoms with E-state index in [-0.39, 0.29) is 6.04 Å². The molecule has 0 fully saturated rings. The first-order chi connectivity index (χ1) is 6.24. The van der Waals surface area contributed by atoms with Gasteiger partial charge in [0.25, 0.3) is 0 Å². The van der Waals surface area contributed by atoms with Crippen LogP contribution in [0.2, 0.25) is 0 Å². The van der Waals surface area contributed by atoms with Gasteiger partial charge in [-0.2, -0.15) is 0 Å². The van der Waals surface area contributed by atoms with E-state index in [1.54, 1.807) is 14.2 Å². The summed E-state index contributed by atoms with van der Waals surface area (Å²) >= 11 is 0. The number of nitrogens with one attached hydrogen (secondary N) is 1. The summed E-state index contributed by atoms with van der Waals surface area (Å²) < 4.78 is 21.2. The summed E-state index contributed by atoms with van der Waals surface area (Å²) in [5.74, 6) is 1.21. The molecule has 2 unspecified atom stereocenters. The van der Waals surface area contributed by atoms with Crippen molar-refractivity contribution in [2.75, 3.05) is 46.0 Å². The Balaban J connectivity index is 3.60. The van der Waals surface area contributed by atoms with Gasteiger partial charge in [-0.25, -0.2) is 0 Å². The summed E-state index contributed by atoms with van der Waals surface area (Å²) in [6.07, 6.45) is 0. The Bertz CT molecular complexity index is 143. The van der Waals surface area contributed by atoms with Gasteiger partial charge in [0.15, 0.2) is 0 Å². The average molecular weight is 209 g/mol. The number of ether oxygens (including phenoxy) is 2. The van der Waals surface area contributed by atoms with Gasteiger partial charge >= 0.3 is 0 Å². The van der Waals surface area contributed by atoms with Crippen molar-refractivity contribution in [1.82, 2.24) is 5.32 Å². The molecule has 4 nitrogen and oxygen atoms in total. The van der Waals surface area contributed by atoms with Crippen LogP contribution in [0.1, 0.15) is 0 Å². The van der Waals surface area contributed by atoms with Crippen molar-refractivity contribution < 1.29 is 13.7 Å². The van der Waals surface area contributed by atoms with E-state index in [1.165, 1.54) is 0 Å². The van der Waals surface area contributed by atoms with Crippen molar-refractivity contribution >= 4 is 10.8 Å². The van der Waals surface area contributed by atoms with Crippen LogP contribution in [0, 0.1) is 0 Å². The Hall–Kier alpha value is 0.0300. The van der Waals surface area contributed by atoms with Gasteiger partial charge in [-0.15, -0.1) is 0 Å². The molecule has 0 amide bonds. The highest BCUT2D eigenvalue weighted by Crippen LogP contribution is 1.91. The summed E-state index contributed by atoms with van der Waals surface area (Å²) in [6.45, 7) is 1.14. The molecule has 0 aliphatic rings. The molecule has 0 radical (unpaired) electrons. The predicted molar refractivity (Wildman–Crippen MR) is 54.5 cm³/mol. The van der Waals surface area contributed by atoms with E-state index in [2.05, 4.69) is 5.32 Å². The molecule has 80 valence electrons. The summed E-state index contributed by atoms with van der Waals surface area (Å²) in [4.78, 5) is 0. The topological polar surface area (TPSA) is 47.6 Å². The Morgan fingerprint density at radius 1 is 1.38 bits per heavy atom. The monoisotopic (exact) mass is 209 g/mol. The second kappa shape index (κ2) is 8.62. The van der Waals surface area contributed by atoms with E-state index >= 15 is 0 Å². The minimum absolute atomic E-state index is 0.169. The van der Waals surface area contributed by atoms with E-state index in [1.807, 2.05) is 7.05 Å². The van der Waals surface area contributed by atoms with Crippen LogP contribution in [-0.2, 0) is 20.3 Å². The van der Waals surface area contributed by atoms with Crippen LogP contribution in [0.25, 0.3) is 0 Å². The smallest absolute Gasteiger partial charge is 0.0624 e. The first kappa shape index (κ1) is 13.0. The van der Waals surface area contributed by atoms with Crippen LogP contribution in [0.5, 0.6) is 0 Å². The molecule has 0 saturated carbocycles. The minimum atomic E-state index is -0.819. The summed E-state index contributed by atoms with van der Waals surface area (Å²) in [5.41, 5.74) is 0. The van der Waals surface area contributed by atoms with E-state index in [0.29, 0.717) is 24.7 Å². The maximum Gasteiger partial charge on any atom is 0.0624 e. The Morgan fingerprint density at radius 3 is 2.54 bits per heavy atom. The molecule has 0 heterocycles. The first-order valence-corrected chi connectivity index (χ1v) is 5.73. The molecule has 0 aliphatic carbocycles. The van der Waals surface area contributed by atoms with Crippen LogP contribution in [0.3, 0.4) is 0 Å². The lowest BCUT2D eigenvalue weighted by atomic mass is 10.4. The summed E-state index contributed by atoms with van der Waals surface area (Å²) in [7, 11) is 4.28. The van der Waals surface area contributed by atoms with Crippen LogP contribution >= 0.6 is 0 Å². The number of hydrogen-bond acceptors (Lipinski definition) is 4. The Kier molecular flexibility index (Phi) is 8.64. The second-order valence-electron chi connectivity index (χ2n) is 2.74. The highest BCUT2D eigenvalue weighted by molar-refractivity contribution is 7.85. The predicted octanol–water partition coefficient (Wildman–Crippen LogP) is -0.384. The van der Waals surface area contributed by atoms with E-state index in [9.17, 15) is 4.21 Å². The SMILES string of the molecule is CNC(COC)CS(=O)CCOC. The van der Waals surface area contributed by atoms with Crippen LogP contribution in [0.15, 0.2) is 0 Å². The number of hydrogen-bond donors (Lipinski definition) is 1. The molecule has 0 saturated heterocycles. The third-order valence-electron chi connectivity index (χ3n) is 1.68. The highest BCUT2D eigenvalue weighted by atomic mass is 32.2. The van der Waals surface area contributed by atoms with Crippen molar-refractivity contribution in [2.24, 2.45) is 0 Å². The zero-order chi connectivity index (χ0) is 10.1. The standard InChI is InChI=1S/C8H19NO3S/c1-9-8(6-12-3)7-13(10)5-4-11-2/h8-9H,4-7H2,1-3H3. The van der Waals surface area contributed by atoms with Gasteiger partial charge in [-0.1, -0.05) is 0 Å². The normalized spacial score (nSPS) is 15.6. The fraction of sp³-hybridized carbons (Fsp3) is 1.00. The lowest BCUT2D eigenvalue weighted by molar-refractivity contribution is 0.176. The quantitative estimate of drug-likeness (QED) is 0.592. The van der Waals surface area contributed by atoms with E-state index in [0.717, 1.165) is 0 Å². The fourth-order valence-electron chi connectivity index (χ4n) is 0.900. The molecule has 0 rings (SSSR count). The largest absolute Gasteiger partial charge is 0.384 e. The molecule has 13 heavy (non-hydrogen) atoms. The van der Waals surface area contributed by atoms with Gasteiger partial charge in [0.05, 0.1) is 13.2 Å². The molecule has 0 aliphatic heterocycles. The van der Waals surface area contributed by atoms with Gasteiger partial charge < -0.3 is 14.8 Å². The molecular weight excluding hydrogens is 190 g/mol. The lowest BCUT2D eigenvalue weighted by Crippen LogP contribution is -2.36. The second-order valence-corrected chi connectivity index (χ2v) is 4.37. The molecule has 0 aromatic heterocycles. The third-order valence-corrected chi connectivity index (χ3v) is 3.07. The Labute approximate surface area is 82.4 Å². The number of methoxy groups -OCH3 is 2. The van der Waals surface area contributed by atoms with Gasteiger partial charge in [-0.3, -0.25) is 4.21 Å². The molecular formula is C8H19NO3S. The average Bonchev–Trinajstić information content (AvgIpc) is 2.14. The zero-order valence-corrected chi connectivity index (χ0v) is 9.36. The lowest BCUT2D eigenvalue weighted by Gasteiger charge is -2.14. The molecule has 1 N–H and O–H groups in total. The number of likely N-dealkylation sites (N-methyl/N-ethyl adjacent to an activating group) is 1. The molecule has 0 aromatic rings. The zero-order valence-electron chi connectivity index (χ0n) is 8.54. The summed E-state index contributed by atoms with van der Waals surface area (Å²) in [5, 5.41) is 3.05. The molecule has 0 aromatic carbocycles. The van der Waals surface area contributed by atoms with E-state index < -0.39 is 10.8 Å². The maximum absolute atomic E-state index is 11.4. The van der Waals surface area contributed by atoms with E-state index in [4.69, 9.17) is 9.47 Å². The van der Waals surface area contributed by atoms with Crippen LogP contribution in [-0.4, -0.2) is 56.2 Å². The molecule has 0 bridgehead atoms. The summed E-state index contributed by atoms with van der Waals surface area (Å²) in [6, 6.07) is 0.169. The third kappa shape index (κ3) is 7.13. The van der Waals surface area contributed by atoms with Gasteiger partial charge in [-0.05, 0) is 7.05 Å². The molecule has 0 spiro atoms. The van der Waals surface area contributed by atoms with Crippen molar-refractivity contribution in [2.45, 2.75) is 6.04 Å². The Morgan fingerprint density at radius 2 is 2.08 bits per heavy atom. The van der Waals surface area contributed by atoms with Crippen LogP contribution < -0.4 is 5.32 Å².